The monoisotopic (exact) mass is 574 g/mol. The van der Waals surface area contributed by atoms with Crippen molar-refractivity contribution in [2.24, 2.45) is 17.8 Å². The van der Waals surface area contributed by atoms with Gasteiger partial charge in [-0.1, -0.05) is 93.2 Å². The molecule has 0 radical (unpaired) electrons. The minimum absolute atomic E-state index is 0. The van der Waals surface area contributed by atoms with Crippen LogP contribution >= 0.6 is 18.6 Å². The molecule has 6 heteroatoms. The van der Waals surface area contributed by atoms with Gasteiger partial charge in [0.05, 0.1) is 0 Å². The van der Waals surface area contributed by atoms with E-state index in [9.17, 15) is 0 Å². The number of rotatable bonds is 5. The van der Waals surface area contributed by atoms with Gasteiger partial charge in [0.25, 0.3) is 0 Å². The van der Waals surface area contributed by atoms with Gasteiger partial charge in [-0.2, -0.15) is 0 Å². The van der Waals surface area contributed by atoms with Crippen molar-refractivity contribution in [3.63, 3.8) is 0 Å². The molecule has 36 heavy (non-hydrogen) atoms. The molecule has 0 bridgehead atoms. The van der Waals surface area contributed by atoms with Crippen molar-refractivity contribution >= 4 is 32.4 Å². The first-order valence-electron chi connectivity index (χ1n) is 12.9. The Morgan fingerprint density at radius 1 is 0.972 bits per heavy atom. The molecule has 1 heterocycles. The maximum atomic E-state index is 4.89. The van der Waals surface area contributed by atoms with Gasteiger partial charge in [0.2, 0.25) is 0 Å². The van der Waals surface area contributed by atoms with E-state index in [4.69, 9.17) is 18.6 Å². The van der Waals surface area contributed by atoms with E-state index in [2.05, 4.69) is 103 Å². The first-order valence-corrected chi connectivity index (χ1v) is 20.2. The molecule has 194 valence electrons. The molecule has 1 aliphatic heterocycles. The van der Waals surface area contributed by atoms with Crippen LogP contribution in [0.1, 0.15) is 25.3 Å². The second-order valence-electron chi connectivity index (χ2n) is 10.5. The zero-order valence-corrected chi connectivity index (χ0v) is 26.2. The number of hydrogen-bond donors (Lipinski definition) is 0. The average Bonchev–Trinajstić information content (AvgIpc) is 3.30. The Bertz CT molecular complexity index is 1020. The Morgan fingerprint density at radius 2 is 1.61 bits per heavy atom. The molecule has 0 amide bonds. The molecular weight excluding hydrogens is 535 g/mol. The van der Waals surface area contributed by atoms with Gasteiger partial charge in [-0.05, 0) is 71.1 Å². The number of allylic oxidation sites excluding steroid dienone is 4. The summed E-state index contributed by atoms with van der Waals surface area (Å²) in [5, 5.41) is 4.63. The zero-order valence-electron chi connectivity index (χ0n) is 22.1. The topological polar surface area (TPSA) is 17.3 Å². The molecule has 5 rings (SSSR count). The van der Waals surface area contributed by atoms with Crippen molar-refractivity contribution in [3.8, 4) is 11.1 Å². The third-order valence-electron chi connectivity index (χ3n) is 8.47. The van der Waals surface area contributed by atoms with Crippen LogP contribution in [0.15, 0.2) is 72.8 Å². The van der Waals surface area contributed by atoms with E-state index in [0.717, 1.165) is 24.5 Å². The van der Waals surface area contributed by atoms with E-state index in [1.807, 2.05) is 0 Å². The van der Waals surface area contributed by atoms with Crippen LogP contribution in [0.5, 0.6) is 0 Å². The van der Waals surface area contributed by atoms with Crippen LogP contribution in [0, 0.1) is 25.2 Å². The number of piperazine rings is 1. The van der Waals surface area contributed by atoms with Gasteiger partial charge in [0, 0.05) is 0 Å². The molecule has 3 aliphatic rings. The van der Waals surface area contributed by atoms with Crippen LogP contribution in [0.4, 0.5) is 0 Å². The fraction of sp³-hybridized carbons (Fsp3) is 0.433. The van der Waals surface area contributed by atoms with Gasteiger partial charge in [-0.15, -0.1) is 13.1 Å². The Kier molecular flexibility index (Phi) is 11.6. The van der Waals surface area contributed by atoms with E-state index in [0.29, 0.717) is 11.8 Å². The summed E-state index contributed by atoms with van der Waals surface area (Å²) in [7, 11) is 8.22. The van der Waals surface area contributed by atoms with Crippen LogP contribution in [0.25, 0.3) is 22.0 Å². The summed E-state index contributed by atoms with van der Waals surface area (Å²) >= 11 is -0.556. The first kappa shape index (κ1) is 29.9. The Labute approximate surface area is 237 Å². The molecule has 1 saturated heterocycles. The predicted molar refractivity (Wildman–Crippen MR) is 158 cm³/mol. The van der Waals surface area contributed by atoms with Crippen LogP contribution in [0.2, 0.25) is 18.6 Å². The molecular formula is C30H40Cl2N2SiTi-2. The number of benzene rings is 2. The maximum absolute atomic E-state index is 4.89. The standard InChI is InChI=1S/C29H37N2Si.CH3.2ClH.Ti/c1-4-22-21-28-26(25-13-8-12-24(20-25)23-10-6-5-7-11-23)14-9-15-27(28)29(22)32(2,3)31-18-16-30-17-19-31;;;;/h5-15,20,22,27-29H,4,16-19,21H2,1-3H3;1H3;2*1H;/q2*-1;;;+2/p-2. The number of hydrogen-bond acceptors (Lipinski definition) is 1. The summed E-state index contributed by atoms with van der Waals surface area (Å²) < 4.78 is 2.87. The van der Waals surface area contributed by atoms with Gasteiger partial charge >= 0.3 is 35.6 Å². The van der Waals surface area contributed by atoms with Crippen LogP contribution in [-0.4, -0.2) is 39.0 Å². The van der Waals surface area contributed by atoms with Gasteiger partial charge in [-0.3, -0.25) is 0 Å². The van der Waals surface area contributed by atoms with E-state index in [1.165, 1.54) is 42.6 Å². The van der Waals surface area contributed by atoms with Crippen molar-refractivity contribution in [1.29, 1.82) is 0 Å². The van der Waals surface area contributed by atoms with Gasteiger partial charge in [0.15, 0.2) is 0 Å². The van der Waals surface area contributed by atoms with Gasteiger partial charge in [0.1, 0.15) is 8.24 Å². The molecule has 4 atom stereocenters. The van der Waals surface area contributed by atoms with Crippen LogP contribution in [-0.2, 0) is 17.0 Å². The van der Waals surface area contributed by atoms with Crippen LogP contribution in [0.3, 0.4) is 0 Å². The van der Waals surface area contributed by atoms with Crippen molar-refractivity contribution in [2.75, 3.05) is 26.2 Å². The second kappa shape index (κ2) is 13.9. The number of halogens is 2. The third kappa shape index (κ3) is 6.49. The quantitative estimate of drug-likeness (QED) is 0.257. The van der Waals surface area contributed by atoms with E-state index < -0.39 is 25.3 Å². The number of fused-ring (bicyclic) bond motifs is 1. The molecule has 0 N–H and O–H groups in total. The molecule has 0 aromatic heterocycles. The Hall–Kier alpha value is -0.649. The normalized spacial score (nSPS) is 25.6. The fourth-order valence-corrected chi connectivity index (χ4v) is 11.5. The predicted octanol–water partition coefficient (Wildman–Crippen LogP) is 9.06. The molecule has 0 spiro atoms. The van der Waals surface area contributed by atoms with Crippen LogP contribution < -0.4 is 0 Å². The first-order chi connectivity index (χ1) is 17.0. The fourth-order valence-electron chi connectivity index (χ4n) is 6.87. The molecule has 2 aliphatic carbocycles. The minimum atomic E-state index is -1.56. The van der Waals surface area contributed by atoms with E-state index in [-0.39, 0.29) is 7.43 Å². The zero-order chi connectivity index (χ0) is 24.8. The summed E-state index contributed by atoms with van der Waals surface area (Å²) in [5.41, 5.74) is 6.43. The van der Waals surface area contributed by atoms with E-state index >= 15 is 0 Å². The summed E-state index contributed by atoms with van der Waals surface area (Å²) in [4.78, 5) is 0. The van der Waals surface area contributed by atoms with Crippen molar-refractivity contribution < 1.29 is 17.0 Å². The molecule has 4 unspecified atom stereocenters. The molecule has 1 saturated carbocycles. The average molecular weight is 576 g/mol. The van der Waals surface area contributed by atoms with Gasteiger partial charge < -0.3 is 17.3 Å². The van der Waals surface area contributed by atoms with Crippen molar-refractivity contribution in [3.05, 3.63) is 91.1 Å². The Balaban J connectivity index is 0.000000861. The summed E-state index contributed by atoms with van der Waals surface area (Å²) in [6, 6.07) is 20.0. The molecule has 2 fully saturated rings. The van der Waals surface area contributed by atoms with Crippen molar-refractivity contribution in [1.82, 2.24) is 4.57 Å². The summed E-state index contributed by atoms with van der Waals surface area (Å²) in [6.07, 6.45) is 9.99. The number of nitrogens with zero attached hydrogens (tertiary/aromatic N) is 2. The third-order valence-corrected chi connectivity index (χ3v) is 13.0. The second-order valence-corrected chi connectivity index (χ2v) is 17.6. The summed E-state index contributed by atoms with van der Waals surface area (Å²) in [6.45, 7) is 12.1. The SMILES string of the molecule is CCC1CC2C(c3cccc(-c4ccccc4)c3)=CC=CC2C1[Si](C)(C)N1CC[N-]CC1.[CH3-].[Cl][Ti][Cl]. The van der Waals surface area contributed by atoms with Crippen molar-refractivity contribution in [2.45, 2.75) is 38.4 Å². The molecule has 2 aromatic carbocycles. The molecule has 2 aromatic rings. The van der Waals surface area contributed by atoms with Gasteiger partial charge in [-0.25, -0.2) is 0 Å². The molecule has 2 nitrogen and oxygen atoms in total. The summed E-state index contributed by atoms with van der Waals surface area (Å²) in [5.74, 6) is 2.16. The Morgan fingerprint density at radius 3 is 2.28 bits per heavy atom. The van der Waals surface area contributed by atoms with E-state index in [1.54, 1.807) is 5.57 Å².